The molecule has 0 aliphatic carbocycles. The number of halogens is 3. The normalized spacial score (nSPS) is 17.3. The molecule has 110 valence electrons. The molecule has 1 fully saturated rings. The number of nitrogens with two attached hydrogens (primary N) is 1. The van der Waals surface area contributed by atoms with Crippen molar-refractivity contribution in [3.05, 3.63) is 23.4 Å². The summed E-state index contributed by atoms with van der Waals surface area (Å²) in [7, 11) is 1.92. The van der Waals surface area contributed by atoms with E-state index >= 15 is 0 Å². The number of carbonyl (C=O) groups excluding carboxylic acids is 1. The largest absolute Gasteiger partial charge is 0.433 e. The van der Waals surface area contributed by atoms with Crippen LogP contribution in [-0.2, 0) is 6.18 Å². The lowest BCUT2D eigenvalue weighted by Gasteiger charge is -2.34. The van der Waals surface area contributed by atoms with Crippen LogP contribution in [0.25, 0.3) is 0 Å². The molecule has 2 heterocycles. The summed E-state index contributed by atoms with van der Waals surface area (Å²) < 4.78 is 38.2. The Hall–Kier alpha value is -1.83. The van der Waals surface area contributed by atoms with E-state index in [-0.39, 0.29) is 11.4 Å². The fraction of sp³-hybridized carbons (Fsp3) is 0.500. The molecule has 1 aliphatic rings. The molecule has 0 bridgehead atoms. The molecule has 2 rings (SSSR count). The number of amides is 1. The van der Waals surface area contributed by atoms with Crippen molar-refractivity contribution >= 4 is 11.7 Å². The first-order valence-corrected chi connectivity index (χ1v) is 6.10. The van der Waals surface area contributed by atoms with Gasteiger partial charge in [-0.15, -0.1) is 0 Å². The fourth-order valence-electron chi connectivity index (χ4n) is 2.06. The number of primary amides is 1. The highest BCUT2D eigenvalue weighted by Gasteiger charge is 2.34. The lowest BCUT2D eigenvalue weighted by atomic mass is 10.2. The number of carbonyl (C=O) groups is 1. The molecule has 2 N–H and O–H groups in total. The van der Waals surface area contributed by atoms with Gasteiger partial charge in [-0.25, -0.2) is 4.98 Å². The number of alkyl halides is 3. The zero-order valence-corrected chi connectivity index (χ0v) is 10.9. The number of pyridine rings is 1. The minimum absolute atomic E-state index is 0.0143. The fourth-order valence-corrected chi connectivity index (χ4v) is 2.06. The van der Waals surface area contributed by atoms with E-state index < -0.39 is 17.8 Å². The third-order valence-electron chi connectivity index (χ3n) is 3.23. The van der Waals surface area contributed by atoms with Gasteiger partial charge in [-0.2, -0.15) is 13.2 Å². The highest BCUT2D eigenvalue weighted by atomic mass is 19.4. The van der Waals surface area contributed by atoms with Crippen LogP contribution in [0.4, 0.5) is 19.0 Å². The third-order valence-corrected chi connectivity index (χ3v) is 3.23. The van der Waals surface area contributed by atoms with E-state index in [1.54, 1.807) is 4.90 Å². The minimum atomic E-state index is -4.54. The Kier molecular flexibility index (Phi) is 3.85. The molecular formula is C12H15F3N4O. The van der Waals surface area contributed by atoms with Gasteiger partial charge >= 0.3 is 6.18 Å². The average molecular weight is 288 g/mol. The van der Waals surface area contributed by atoms with Crippen molar-refractivity contribution in [1.29, 1.82) is 0 Å². The quantitative estimate of drug-likeness (QED) is 0.880. The summed E-state index contributed by atoms with van der Waals surface area (Å²) in [6, 6.07) is 1.87. The number of hydrogen-bond acceptors (Lipinski definition) is 4. The number of aromatic nitrogens is 1. The number of nitrogens with zero attached hydrogens (tertiary/aromatic N) is 3. The lowest BCUT2D eigenvalue weighted by Crippen LogP contribution is -2.45. The monoisotopic (exact) mass is 288 g/mol. The summed E-state index contributed by atoms with van der Waals surface area (Å²) in [5.41, 5.74) is 4.21. The molecule has 0 spiro atoms. The highest BCUT2D eigenvalue weighted by molar-refractivity contribution is 5.97. The first-order valence-electron chi connectivity index (χ1n) is 6.10. The summed E-state index contributed by atoms with van der Waals surface area (Å²) in [6.07, 6.45) is -4.54. The summed E-state index contributed by atoms with van der Waals surface area (Å²) in [4.78, 5) is 18.7. The highest BCUT2D eigenvalue weighted by Crippen LogP contribution is 2.30. The Morgan fingerprint density at radius 3 is 2.35 bits per heavy atom. The van der Waals surface area contributed by atoms with Gasteiger partial charge in [0.05, 0.1) is 5.56 Å². The Morgan fingerprint density at radius 1 is 1.25 bits per heavy atom. The molecule has 0 radical (unpaired) electrons. The van der Waals surface area contributed by atoms with Crippen molar-refractivity contribution in [3.63, 3.8) is 0 Å². The SMILES string of the molecule is CN1CCN(c2nc(C(F)(F)F)ccc2C(N)=O)CC1. The van der Waals surface area contributed by atoms with Gasteiger partial charge in [0.2, 0.25) is 0 Å². The summed E-state index contributed by atoms with van der Waals surface area (Å²) in [5.74, 6) is -0.763. The van der Waals surface area contributed by atoms with E-state index in [0.717, 1.165) is 12.1 Å². The van der Waals surface area contributed by atoms with Gasteiger partial charge in [-0.05, 0) is 19.2 Å². The van der Waals surface area contributed by atoms with Crippen molar-refractivity contribution in [2.75, 3.05) is 38.1 Å². The van der Waals surface area contributed by atoms with Crippen LogP contribution < -0.4 is 10.6 Å². The van der Waals surface area contributed by atoms with E-state index in [2.05, 4.69) is 4.98 Å². The van der Waals surface area contributed by atoms with Gasteiger partial charge in [0.15, 0.2) is 0 Å². The van der Waals surface area contributed by atoms with Gasteiger partial charge in [-0.3, -0.25) is 4.79 Å². The number of hydrogen-bond donors (Lipinski definition) is 1. The van der Waals surface area contributed by atoms with Crippen LogP contribution in [-0.4, -0.2) is 49.0 Å². The molecule has 1 saturated heterocycles. The Morgan fingerprint density at radius 2 is 1.85 bits per heavy atom. The van der Waals surface area contributed by atoms with Gasteiger partial charge < -0.3 is 15.5 Å². The van der Waals surface area contributed by atoms with E-state index in [9.17, 15) is 18.0 Å². The van der Waals surface area contributed by atoms with Gasteiger partial charge in [0, 0.05) is 26.2 Å². The van der Waals surface area contributed by atoms with Crippen LogP contribution in [0.1, 0.15) is 16.1 Å². The van der Waals surface area contributed by atoms with Crippen molar-refractivity contribution in [1.82, 2.24) is 9.88 Å². The van der Waals surface area contributed by atoms with Crippen molar-refractivity contribution in [2.45, 2.75) is 6.18 Å². The molecule has 20 heavy (non-hydrogen) atoms. The maximum Gasteiger partial charge on any atom is 0.433 e. The van der Waals surface area contributed by atoms with E-state index in [1.165, 1.54) is 0 Å². The standard InChI is InChI=1S/C12H15F3N4O/c1-18-4-6-19(7-5-18)11-8(10(16)20)2-3-9(17-11)12(13,14)15/h2-3H,4-7H2,1H3,(H2,16,20). The summed E-state index contributed by atoms with van der Waals surface area (Å²) in [6.45, 7) is 2.39. The average Bonchev–Trinajstić information content (AvgIpc) is 2.37. The van der Waals surface area contributed by atoms with Crippen molar-refractivity contribution in [3.8, 4) is 0 Å². The van der Waals surface area contributed by atoms with Gasteiger partial charge in [0.25, 0.3) is 5.91 Å². The molecule has 0 saturated carbocycles. The second-order valence-electron chi connectivity index (χ2n) is 4.72. The molecule has 0 aromatic carbocycles. The molecule has 0 unspecified atom stereocenters. The van der Waals surface area contributed by atoms with E-state index in [4.69, 9.17) is 5.73 Å². The zero-order valence-electron chi connectivity index (χ0n) is 10.9. The summed E-state index contributed by atoms with van der Waals surface area (Å²) >= 11 is 0. The van der Waals surface area contributed by atoms with Crippen LogP contribution in [0.15, 0.2) is 12.1 Å². The van der Waals surface area contributed by atoms with Gasteiger partial charge in [-0.1, -0.05) is 0 Å². The second-order valence-corrected chi connectivity index (χ2v) is 4.72. The molecule has 1 aromatic heterocycles. The second kappa shape index (κ2) is 5.28. The van der Waals surface area contributed by atoms with Gasteiger partial charge in [0.1, 0.15) is 11.5 Å². The maximum absolute atomic E-state index is 12.7. The maximum atomic E-state index is 12.7. The van der Waals surface area contributed by atoms with Crippen LogP contribution in [0.5, 0.6) is 0 Å². The Balaban J connectivity index is 2.39. The minimum Gasteiger partial charge on any atom is -0.365 e. The molecule has 1 amide bonds. The smallest absolute Gasteiger partial charge is 0.365 e. The first kappa shape index (κ1) is 14.6. The van der Waals surface area contributed by atoms with Crippen LogP contribution in [0.3, 0.4) is 0 Å². The molecule has 0 atom stereocenters. The molecule has 1 aromatic rings. The number of piperazine rings is 1. The van der Waals surface area contributed by atoms with E-state index in [0.29, 0.717) is 26.2 Å². The van der Waals surface area contributed by atoms with Crippen LogP contribution in [0, 0.1) is 0 Å². The zero-order chi connectivity index (χ0) is 14.9. The molecule has 8 heteroatoms. The molecule has 1 aliphatic heterocycles. The number of anilines is 1. The van der Waals surface area contributed by atoms with Crippen molar-refractivity contribution < 1.29 is 18.0 Å². The third kappa shape index (κ3) is 3.01. The summed E-state index contributed by atoms with van der Waals surface area (Å²) in [5, 5.41) is 0. The Labute approximate surface area is 114 Å². The topological polar surface area (TPSA) is 62.5 Å². The number of rotatable bonds is 2. The van der Waals surface area contributed by atoms with E-state index in [1.807, 2.05) is 11.9 Å². The van der Waals surface area contributed by atoms with Crippen molar-refractivity contribution in [2.24, 2.45) is 5.73 Å². The van der Waals surface area contributed by atoms with Crippen LogP contribution >= 0.6 is 0 Å². The Bertz CT molecular complexity index is 510. The van der Waals surface area contributed by atoms with Crippen LogP contribution in [0.2, 0.25) is 0 Å². The molecular weight excluding hydrogens is 273 g/mol. The first-order chi connectivity index (χ1) is 9.29. The predicted molar refractivity (Wildman–Crippen MR) is 67.5 cm³/mol. The molecule has 5 nitrogen and oxygen atoms in total. The number of likely N-dealkylation sites (N-methyl/N-ethyl adjacent to an activating group) is 1. The lowest BCUT2D eigenvalue weighted by molar-refractivity contribution is -0.141. The predicted octanol–water partition coefficient (Wildman–Crippen LogP) is 0.951.